The van der Waals surface area contributed by atoms with Gasteiger partial charge < -0.3 is 10.1 Å². The third kappa shape index (κ3) is 7.03. The van der Waals surface area contributed by atoms with E-state index in [4.69, 9.17) is 28.6 Å². The quantitative estimate of drug-likeness (QED) is 0.380. The molecule has 0 spiro atoms. The average molecular weight is 437 g/mol. The summed E-state index contributed by atoms with van der Waals surface area (Å²) in [7, 11) is 0. The molecule has 2 N–H and O–H groups in total. The fourth-order valence-corrected chi connectivity index (χ4v) is 3.10. The van der Waals surface area contributed by atoms with E-state index in [-0.39, 0.29) is 11.0 Å². The van der Waals surface area contributed by atoms with Crippen LogP contribution in [0.4, 0.5) is 5.69 Å². The number of hydrogen-bond donors (Lipinski definition) is 2. The molecular weight excluding hydrogens is 416 g/mol. The first kappa shape index (κ1) is 21.6. The number of halogens is 1. The van der Waals surface area contributed by atoms with Gasteiger partial charge in [-0.1, -0.05) is 66.2 Å². The largest absolute Gasteiger partial charge is 0.493 e. The number of nitrogens with one attached hydrogen (secondary N) is 2. The molecule has 0 unspecified atom stereocenters. The highest BCUT2D eigenvalue weighted by molar-refractivity contribution is 7.80. The maximum atomic E-state index is 12.1. The average Bonchev–Trinajstić information content (AvgIpc) is 2.74. The van der Waals surface area contributed by atoms with Gasteiger partial charge in [0.25, 0.3) is 0 Å². The fraction of sp³-hybridized carbons (Fsp3) is 0.0833. The first-order valence-electron chi connectivity index (χ1n) is 9.41. The maximum Gasteiger partial charge on any atom is 0.250 e. The molecule has 3 aromatic carbocycles. The van der Waals surface area contributed by atoms with E-state index in [1.54, 1.807) is 12.1 Å². The zero-order valence-corrected chi connectivity index (χ0v) is 17.7. The second-order valence-corrected chi connectivity index (χ2v) is 7.23. The van der Waals surface area contributed by atoms with Gasteiger partial charge in [0, 0.05) is 29.3 Å². The van der Waals surface area contributed by atoms with E-state index in [0.717, 1.165) is 23.4 Å². The zero-order valence-electron chi connectivity index (χ0n) is 16.2. The Kier molecular flexibility index (Phi) is 8.01. The number of thiocarbonyl (C=S) groups is 1. The molecule has 3 rings (SSSR count). The van der Waals surface area contributed by atoms with Gasteiger partial charge >= 0.3 is 0 Å². The van der Waals surface area contributed by atoms with Crippen LogP contribution in [0, 0.1) is 0 Å². The molecule has 0 heterocycles. The van der Waals surface area contributed by atoms with Crippen molar-refractivity contribution in [3.8, 4) is 5.75 Å². The van der Waals surface area contributed by atoms with Gasteiger partial charge in [0.1, 0.15) is 5.75 Å². The minimum Gasteiger partial charge on any atom is -0.493 e. The zero-order chi connectivity index (χ0) is 21.2. The van der Waals surface area contributed by atoms with Gasteiger partial charge in [-0.15, -0.1) is 0 Å². The highest BCUT2D eigenvalue weighted by Gasteiger charge is 2.04. The van der Waals surface area contributed by atoms with E-state index in [1.165, 1.54) is 11.6 Å². The van der Waals surface area contributed by atoms with E-state index < -0.39 is 0 Å². The molecule has 0 aromatic heterocycles. The second-order valence-electron chi connectivity index (χ2n) is 6.41. The van der Waals surface area contributed by atoms with Gasteiger partial charge in [-0.3, -0.25) is 10.1 Å². The van der Waals surface area contributed by atoms with Crippen LogP contribution in [0.2, 0.25) is 5.02 Å². The van der Waals surface area contributed by atoms with Crippen molar-refractivity contribution < 1.29 is 9.53 Å². The summed E-state index contributed by atoms with van der Waals surface area (Å²) in [6, 6.07) is 24.9. The standard InChI is InChI=1S/C24H21ClN2O2S/c25-22-12-5-4-9-19(22)13-14-23(28)27-24(30)26-20-10-6-11-21(17-20)29-16-15-18-7-2-1-3-8-18/h1-14,17H,15-16H2,(H2,26,27,28,30)/b14-13+. The van der Waals surface area contributed by atoms with Crippen LogP contribution in [0.5, 0.6) is 5.75 Å². The first-order valence-corrected chi connectivity index (χ1v) is 10.2. The Hall–Kier alpha value is -3.15. The van der Waals surface area contributed by atoms with Crippen molar-refractivity contribution in [2.75, 3.05) is 11.9 Å². The lowest BCUT2D eigenvalue weighted by atomic mass is 10.2. The summed E-state index contributed by atoms with van der Waals surface area (Å²) < 4.78 is 5.82. The second kappa shape index (κ2) is 11.1. The molecule has 0 atom stereocenters. The summed E-state index contributed by atoms with van der Waals surface area (Å²) in [5.41, 5.74) is 2.71. The monoisotopic (exact) mass is 436 g/mol. The number of rotatable bonds is 7. The van der Waals surface area contributed by atoms with Crippen molar-refractivity contribution in [1.82, 2.24) is 5.32 Å². The van der Waals surface area contributed by atoms with Gasteiger partial charge in [-0.05, 0) is 47.6 Å². The van der Waals surface area contributed by atoms with Crippen molar-refractivity contribution in [3.63, 3.8) is 0 Å². The van der Waals surface area contributed by atoms with Crippen LogP contribution in [-0.4, -0.2) is 17.6 Å². The summed E-state index contributed by atoms with van der Waals surface area (Å²) in [6.07, 6.45) is 3.85. The summed E-state index contributed by atoms with van der Waals surface area (Å²) in [5.74, 6) is 0.381. The molecule has 0 saturated carbocycles. The molecule has 0 bridgehead atoms. The Morgan fingerprint density at radius 3 is 2.57 bits per heavy atom. The van der Waals surface area contributed by atoms with E-state index in [1.807, 2.05) is 60.7 Å². The number of benzene rings is 3. The third-order valence-corrected chi connectivity index (χ3v) is 4.70. The Morgan fingerprint density at radius 1 is 1.00 bits per heavy atom. The molecule has 0 fully saturated rings. The van der Waals surface area contributed by atoms with Crippen molar-refractivity contribution in [2.45, 2.75) is 6.42 Å². The molecule has 0 aliphatic carbocycles. The third-order valence-electron chi connectivity index (χ3n) is 4.15. The molecule has 30 heavy (non-hydrogen) atoms. The topological polar surface area (TPSA) is 50.4 Å². The Labute approximate surface area is 186 Å². The molecule has 1 amide bonds. The van der Waals surface area contributed by atoms with Gasteiger partial charge in [0.15, 0.2) is 5.11 Å². The number of carbonyl (C=O) groups is 1. The summed E-state index contributed by atoms with van der Waals surface area (Å²) in [5, 5.41) is 6.38. The molecule has 0 radical (unpaired) electrons. The van der Waals surface area contributed by atoms with E-state index in [2.05, 4.69) is 22.8 Å². The van der Waals surface area contributed by atoms with Crippen LogP contribution in [0.25, 0.3) is 6.08 Å². The van der Waals surface area contributed by atoms with Crippen molar-refractivity contribution in [3.05, 3.63) is 101 Å². The number of anilines is 1. The number of carbonyl (C=O) groups excluding carboxylic acids is 1. The lowest BCUT2D eigenvalue weighted by molar-refractivity contribution is -0.115. The van der Waals surface area contributed by atoms with E-state index in [0.29, 0.717) is 11.6 Å². The lowest BCUT2D eigenvalue weighted by Crippen LogP contribution is -2.32. The maximum absolute atomic E-state index is 12.1. The van der Waals surface area contributed by atoms with Crippen LogP contribution in [0.1, 0.15) is 11.1 Å². The van der Waals surface area contributed by atoms with Gasteiger partial charge in [-0.25, -0.2) is 0 Å². The first-order chi connectivity index (χ1) is 14.6. The van der Waals surface area contributed by atoms with Crippen LogP contribution < -0.4 is 15.4 Å². The van der Waals surface area contributed by atoms with Gasteiger partial charge in [0.2, 0.25) is 5.91 Å². The SMILES string of the molecule is O=C(/C=C/c1ccccc1Cl)NC(=S)Nc1cccc(OCCc2ccccc2)c1. The molecule has 152 valence electrons. The Balaban J connectivity index is 1.48. The molecular formula is C24H21ClN2O2S. The van der Waals surface area contributed by atoms with Gasteiger partial charge in [-0.2, -0.15) is 0 Å². The molecule has 3 aromatic rings. The van der Waals surface area contributed by atoms with Gasteiger partial charge in [0.05, 0.1) is 6.61 Å². The molecule has 0 saturated heterocycles. The van der Waals surface area contributed by atoms with Crippen molar-refractivity contribution >= 4 is 46.6 Å². The number of ether oxygens (including phenoxy) is 1. The van der Waals surface area contributed by atoms with Crippen molar-refractivity contribution in [1.29, 1.82) is 0 Å². The summed E-state index contributed by atoms with van der Waals surface area (Å²) in [4.78, 5) is 12.1. The fourth-order valence-electron chi connectivity index (χ4n) is 2.69. The van der Waals surface area contributed by atoms with Crippen LogP contribution in [0.3, 0.4) is 0 Å². The minimum absolute atomic E-state index is 0.199. The van der Waals surface area contributed by atoms with Crippen LogP contribution in [0.15, 0.2) is 84.9 Å². The molecule has 0 aliphatic heterocycles. The predicted molar refractivity (Wildman–Crippen MR) is 127 cm³/mol. The number of amides is 1. The predicted octanol–water partition coefficient (Wildman–Crippen LogP) is 5.49. The highest BCUT2D eigenvalue weighted by atomic mass is 35.5. The van der Waals surface area contributed by atoms with Crippen molar-refractivity contribution in [2.24, 2.45) is 0 Å². The van der Waals surface area contributed by atoms with Crippen LogP contribution >= 0.6 is 23.8 Å². The highest BCUT2D eigenvalue weighted by Crippen LogP contribution is 2.18. The summed E-state index contributed by atoms with van der Waals surface area (Å²) >= 11 is 11.3. The minimum atomic E-state index is -0.345. The summed E-state index contributed by atoms with van der Waals surface area (Å²) in [6.45, 7) is 0.571. The molecule has 4 nitrogen and oxygen atoms in total. The number of hydrogen-bond acceptors (Lipinski definition) is 3. The molecule has 6 heteroatoms. The smallest absolute Gasteiger partial charge is 0.250 e. The normalized spacial score (nSPS) is 10.6. The molecule has 0 aliphatic rings. The van der Waals surface area contributed by atoms with E-state index in [9.17, 15) is 4.79 Å². The van der Waals surface area contributed by atoms with Crippen LogP contribution in [-0.2, 0) is 11.2 Å². The Morgan fingerprint density at radius 2 is 1.77 bits per heavy atom. The Bertz CT molecular complexity index is 1040. The lowest BCUT2D eigenvalue weighted by Gasteiger charge is -2.11. The van der Waals surface area contributed by atoms with E-state index >= 15 is 0 Å².